The molecule has 1 aliphatic heterocycles. The second-order valence-corrected chi connectivity index (χ2v) is 4.81. The fourth-order valence-corrected chi connectivity index (χ4v) is 2.32. The van der Waals surface area contributed by atoms with Gasteiger partial charge in [-0.1, -0.05) is 0 Å². The molecule has 1 aromatic rings. The first kappa shape index (κ1) is 14.5. The highest BCUT2D eigenvalue weighted by molar-refractivity contribution is 5.56. The summed E-state index contributed by atoms with van der Waals surface area (Å²) in [6.45, 7) is 4.06. The average Bonchev–Trinajstić information content (AvgIpc) is 2.47. The van der Waals surface area contributed by atoms with E-state index in [1.807, 2.05) is 18.9 Å². The van der Waals surface area contributed by atoms with Gasteiger partial charge in [0.1, 0.15) is 11.6 Å². The molecule has 0 aromatic carbocycles. The first-order valence-corrected chi connectivity index (χ1v) is 6.82. The quantitative estimate of drug-likeness (QED) is 0.656. The van der Waals surface area contributed by atoms with Gasteiger partial charge in [-0.25, -0.2) is 4.98 Å². The molecule has 7 nitrogen and oxygen atoms in total. The summed E-state index contributed by atoms with van der Waals surface area (Å²) in [4.78, 5) is 17.1. The van der Waals surface area contributed by atoms with Crippen LogP contribution in [0, 0.1) is 10.1 Å². The molecule has 1 saturated heterocycles. The molecule has 2 heterocycles. The Kier molecular flexibility index (Phi) is 4.73. The van der Waals surface area contributed by atoms with E-state index >= 15 is 0 Å². The van der Waals surface area contributed by atoms with Gasteiger partial charge in [0, 0.05) is 32.8 Å². The Hall–Kier alpha value is -1.89. The van der Waals surface area contributed by atoms with Gasteiger partial charge in [0.2, 0.25) is 0 Å². The van der Waals surface area contributed by atoms with E-state index in [1.54, 1.807) is 0 Å². The van der Waals surface area contributed by atoms with Gasteiger partial charge in [-0.3, -0.25) is 10.1 Å². The van der Waals surface area contributed by atoms with E-state index in [0.29, 0.717) is 24.2 Å². The van der Waals surface area contributed by atoms with Crippen LogP contribution in [0.15, 0.2) is 12.1 Å². The van der Waals surface area contributed by atoms with E-state index in [9.17, 15) is 10.1 Å². The van der Waals surface area contributed by atoms with Gasteiger partial charge in [-0.2, -0.15) is 0 Å². The van der Waals surface area contributed by atoms with E-state index in [2.05, 4.69) is 10.3 Å². The van der Waals surface area contributed by atoms with Crippen LogP contribution in [0.2, 0.25) is 0 Å². The van der Waals surface area contributed by atoms with Crippen LogP contribution in [0.1, 0.15) is 19.8 Å². The Morgan fingerprint density at radius 1 is 1.50 bits per heavy atom. The van der Waals surface area contributed by atoms with Gasteiger partial charge in [-0.05, 0) is 19.8 Å². The minimum Gasteiger partial charge on any atom is -0.381 e. The minimum absolute atomic E-state index is 0.0601. The lowest BCUT2D eigenvalue weighted by Crippen LogP contribution is -2.37. The Morgan fingerprint density at radius 3 is 2.80 bits per heavy atom. The third-order valence-corrected chi connectivity index (χ3v) is 3.47. The summed E-state index contributed by atoms with van der Waals surface area (Å²) in [5.74, 6) is 1.16. The van der Waals surface area contributed by atoms with Gasteiger partial charge in [-0.15, -0.1) is 0 Å². The molecule has 0 bridgehead atoms. The van der Waals surface area contributed by atoms with E-state index in [1.165, 1.54) is 12.1 Å². The predicted octanol–water partition coefficient (Wildman–Crippen LogP) is 2.04. The topological polar surface area (TPSA) is 80.5 Å². The van der Waals surface area contributed by atoms with E-state index in [-0.39, 0.29) is 10.6 Å². The van der Waals surface area contributed by atoms with Crippen LogP contribution in [0.4, 0.5) is 17.3 Å². The number of pyridine rings is 1. The number of anilines is 2. The second-order valence-electron chi connectivity index (χ2n) is 4.81. The van der Waals surface area contributed by atoms with Crippen LogP contribution in [0.3, 0.4) is 0 Å². The first-order valence-electron chi connectivity index (χ1n) is 6.82. The van der Waals surface area contributed by atoms with Gasteiger partial charge in [0.25, 0.3) is 5.69 Å². The Morgan fingerprint density at radius 2 is 2.20 bits per heavy atom. The summed E-state index contributed by atoms with van der Waals surface area (Å²) in [6, 6.07) is 3.30. The van der Waals surface area contributed by atoms with Crippen molar-refractivity contribution in [2.75, 3.05) is 37.0 Å². The molecule has 0 amide bonds. The molecule has 0 atom stereocenters. The predicted molar refractivity (Wildman–Crippen MR) is 77.3 cm³/mol. The number of ether oxygens (including phenoxy) is 1. The van der Waals surface area contributed by atoms with Crippen LogP contribution < -0.4 is 10.2 Å². The average molecular weight is 280 g/mol. The van der Waals surface area contributed by atoms with Gasteiger partial charge >= 0.3 is 0 Å². The molecular formula is C13H20N4O3. The molecule has 0 saturated carbocycles. The van der Waals surface area contributed by atoms with Crippen LogP contribution in [-0.2, 0) is 4.74 Å². The zero-order valence-electron chi connectivity index (χ0n) is 11.8. The molecule has 0 radical (unpaired) electrons. The molecule has 0 aliphatic carbocycles. The lowest BCUT2D eigenvalue weighted by molar-refractivity contribution is -0.384. The number of hydrogen-bond donors (Lipinski definition) is 1. The largest absolute Gasteiger partial charge is 0.381 e. The summed E-state index contributed by atoms with van der Waals surface area (Å²) >= 11 is 0. The molecule has 20 heavy (non-hydrogen) atoms. The molecule has 1 N–H and O–H groups in total. The molecular weight excluding hydrogens is 260 g/mol. The van der Waals surface area contributed by atoms with Crippen molar-refractivity contribution in [3.63, 3.8) is 0 Å². The van der Waals surface area contributed by atoms with Crippen molar-refractivity contribution in [3.05, 3.63) is 22.2 Å². The molecule has 7 heteroatoms. The van der Waals surface area contributed by atoms with Gasteiger partial charge < -0.3 is 15.0 Å². The summed E-state index contributed by atoms with van der Waals surface area (Å²) < 4.78 is 5.34. The number of nitrogens with zero attached hydrogens (tertiary/aromatic N) is 3. The summed E-state index contributed by atoms with van der Waals surface area (Å²) in [5, 5.41) is 14.1. The highest BCUT2D eigenvalue weighted by Crippen LogP contribution is 2.26. The molecule has 1 aromatic heterocycles. The first-order chi connectivity index (χ1) is 9.61. The number of hydrogen-bond acceptors (Lipinski definition) is 6. The number of rotatable bonds is 5. The number of nitrogens with one attached hydrogen (secondary N) is 1. The normalized spacial score (nSPS) is 15.9. The van der Waals surface area contributed by atoms with Crippen LogP contribution >= 0.6 is 0 Å². The maximum atomic E-state index is 11.0. The molecule has 0 unspecified atom stereocenters. The van der Waals surface area contributed by atoms with Crippen LogP contribution in [0.25, 0.3) is 0 Å². The molecule has 1 fully saturated rings. The van der Waals surface area contributed by atoms with Crippen LogP contribution in [-0.4, -0.2) is 42.8 Å². The summed E-state index contributed by atoms with van der Waals surface area (Å²) in [5.41, 5.74) is 0.0601. The van der Waals surface area contributed by atoms with Crippen molar-refractivity contribution < 1.29 is 9.66 Å². The van der Waals surface area contributed by atoms with E-state index in [0.717, 1.165) is 26.1 Å². The van der Waals surface area contributed by atoms with Crippen molar-refractivity contribution in [2.24, 2.45) is 0 Å². The third kappa shape index (κ3) is 3.36. The fourth-order valence-electron chi connectivity index (χ4n) is 2.32. The highest BCUT2D eigenvalue weighted by atomic mass is 16.6. The maximum Gasteiger partial charge on any atom is 0.276 e. The van der Waals surface area contributed by atoms with Crippen molar-refractivity contribution in [1.82, 2.24) is 4.98 Å². The zero-order chi connectivity index (χ0) is 14.5. The maximum absolute atomic E-state index is 11.0. The third-order valence-electron chi connectivity index (χ3n) is 3.47. The van der Waals surface area contributed by atoms with Gasteiger partial charge in [0.15, 0.2) is 0 Å². The highest BCUT2D eigenvalue weighted by Gasteiger charge is 2.22. The van der Waals surface area contributed by atoms with Crippen molar-refractivity contribution >= 4 is 17.3 Å². The van der Waals surface area contributed by atoms with Gasteiger partial charge in [0.05, 0.1) is 17.1 Å². The van der Waals surface area contributed by atoms with Crippen molar-refractivity contribution in [1.29, 1.82) is 0 Å². The SMILES string of the molecule is CCNc1cc([N+](=O)[O-])cc(N(C)C2CCOCC2)n1. The zero-order valence-corrected chi connectivity index (χ0v) is 11.8. The van der Waals surface area contributed by atoms with Crippen molar-refractivity contribution in [2.45, 2.75) is 25.8 Å². The number of aromatic nitrogens is 1. The summed E-state index contributed by atoms with van der Waals surface area (Å²) in [6.07, 6.45) is 1.83. The monoisotopic (exact) mass is 280 g/mol. The molecule has 1 aliphatic rings. The van der Waals surface area contributed by atoms with E-state index < -0.39 is 0 Å². The molecule has 110 valence electrons. The summed E-state index contributed by atoms with van der Waals surface area (Å²) in [7, 11) is 1.93. The Bertz CT molecular complexity index is 475. The Balaban J connectivity index is 2.26. The second kappa shape index (κ2) is 6.51. The minimum atomic E-state index is -0.385. The van der Waals surface area contributed by atoms with E-state index in [4.69, 9.17) is 4.74 Å². The standard InChI is InChI=1S/C13H20N4O3/c1-3-14-12-8-11(17(18)19)9-13(15-12)16(2)10-4-6-20-7-5-10/h8-10H,3-7H2,1-2H3,(H,14,15). The Labute approximate surface area is 118 Å². The molecule has 0 spiro atoms. The van der Waals surface area contributed by atoms with Crippen LogP contribution in [0.5, 0.6) is 0 Å². The smallest absolute Gasteiger partial charge is 0.276 e. The van der Waals surface area contributed by atoms with Crippen molar-refractivity contribution in [3.8, 4) is 0 Å². The lowest BCUT2D eigenvalue weighted by atomic mass is 10.1. The number of nitro groups is 1. The fraction of sp³-hybridized carbons (Fsp3) is 0.615. The molecule has 2 rings (SSSR count). The lowest BCUT2D eigenvalue weighted by Gasteiger charge is -2.32.